The number of carbonyl (C=O) groups excluding carboxylic acids is 4. The van der Waals surface area contributed by atoms with Crippen LogP contribution in [0.5, 0.6) is 5.75 Å². The first-order chi connectivity index (χ1) is 36.0. The van der Waals surface area contributed by atoms with E-state index >= 15 is 0 Å². The highest BCUT2D eigenvalue weighted by Gasteiger charge is 2.46. The average Bonchev–Trinajstić information content (AvgIpc) is 4.24. The third-order valence-electron chi connectivity index (χ3n) is 13.6. The van der Waals surface area contributed by atoms with Crippen LogP contribution in [0.2, 0.25) is 10.0 Å². The van der Waals surface area contributed by atoms with Crippen LogP contribution in [0.4, 0.5) is 5.69 Å². The van der Waals surface area contributed by atoms with Crippen LogP contribution in [0, 0.1) is 12.3 Å². The Hall–Kier alpha value is -5.64. The zero-order valence-corrected chi connectivity index (χ0v) is 45.2. The molecule has 3 aromatic carbocycles. The van der Waals surface area contributed by atoms with Crippen LogP contribution in [0.3, 0.4) is 0 Å². The van der Waals surface area contributed by atoms with Crippen LogP contribution in [-0.2, 0) is 50.5 Å². The summed E-state index contributed by atoms with van der Waals surface area (Å²) in [4.78, 5) is 68.8. The molecule has 18 nitrogen and oxygen atoms in total. The first kappa shape index (κ1) is 55.6. The molecular formula is C54H66Cl2N8O10S. The van der Waals surface area contributed by atoms with Crippen molar-refractivity contribution in [3.05, 3.63) is 118 Å². The third kappa shape index (κ3) is 14.2. The van der Waals surface area contributed by atoms with E-state index in [-0.39, 0.29) is 70.0 Å². The molecule has 3 fully saturated rings. The molecule has 0 spiro atoms. The van der Waals surface area contributed by atoms with Gasteiger partial charge in [0.05, 0.1) is 59.4 Å². The predicted molar refractivity (Wildman–Crippen MR) is 285 cm³/mol. The summed E-state index contributed by atoms with van der Waals surface area (Å²) in [5.74, 6) is -1.93. The summed E-state index contributed by atoms with van der Waals surface area (Å²) in [6.45, 7) is 12.4. The summed E-state index contributed by atoms with van der Waals surface area (Å²) in [5, 5.41) is 17.4. The minimum absolute atomic E-state index is 0.0428. The van der Waals surface area contributed by atoms with E-state index in [1.165, 1.54) is 4.90 Å². The van der Waals surface area contributed by atoms with Crippen molar-refractivity contribution < 1.29 is 48.0 Å². The lowest BCUT2D eigenvalue weighted by Gasteiger charge is -2.36. The molecule has 0 aliphatic carbocycles. The number of aryl methyl sites for hydroxylation is 2. The Morgan fingerprint density at radius 1 is 0.960 bits per heavy atom. The smallest absolute Gasteiger partial charge is 0.248 e. The molecule has 3 aliphatic heterocycles. The second-order valence-electron chi connectivity index (χ2n) is 20.1. The maximum Gasteiger partial charge on any atom is 0.248 e. The Morgan fingerprint density at radius 3 is 2.36 bits per heavy atom. The van der Waals surface area contributed by atoms with E-state index in [0.717, 1.165) is 27.4 Å². The van der Waals surface area contributed by atoms with Crippen molar-refractivity contribution in [1.82, 2.24) is 35.0 Å². The fourth-order valence-electron chi connectivity index (χ4n) is 9.46. The fourth-order valence-corrected chi connectivity index (χ4v) is 10.8. The second-order valence-corrected chi connectivity index (χ2v) is 21.8. The number of thiazole rings is 1. The maximum atomic E-state index is 14.1. The van der Waals surface area contributed by atoms with Gasteiger partial charge < -0.3 is 58.7 Å². The molecule has 75 heavy (non-hydrogen) atoms. The van der Waals surface area contributed by atoms with Crippen molar-refractivity contribution in [2.75, 3.05) is 77.3 Å². The first-order valence-corrected chi connectivity index (χ1v) is 26.8. The van der Waals surface area contributed by atoms with Crippen LogP contribution >= 0.6 is 34.5 Å². The number of likely N-dealkylation sites (tertiary alicyclic amines) is 1. The van der Waals surface area contributed by atoms with E-state index in [9.17, 15) is 24.3 Å². The number of β-amino-alcohol motifs (C(OH)–C–C–N with tert-alkyl or cyclic N) is 1. The van der Waals surface area contributed by atoms with Gasteiger partial charge in [0.25, 0.3) is 0 Å². The van der Waals surface area contributed by atoms with E-state index < -0.39 is 41.2 Å². The number of piperazine rings is 1. The summed E-state index contributed by atoms with van der Waals surface area (Å²) in [7, 11) is 0. The quantitative estimate of drug-likeness (QED) is 0.0682. The molecule has 6 atom stereocenters. The van der Waals surface area contributed by atoms with Crippen LogP contribution in [-0.4, -0.2) is 150 Å². The predicted octanol–water partition coefficient (Wildman–Crippen LogP) is 6.41. The number of nitrogens with zero attached hydrogens (tertiary/aromatic N) is 6. The van der Waals surface area contributed by atoms with Gasteiger partial charge in [-0.3, -0.25) is 19.2 Å². The minimum Gasteiger partial charge on any atom is -0.491 e. The maximum absolute atomic E-state index is 14.1. The van der Waals surface area contributed by atoms with Crippen molar-refractivity contribution in [3.8, 4) is 16.2 Å². The molecule has 2 aromatic heterocycles. The highest BCUT2D eigenvalue weighted by molar-refractivity contribution is 7.13. The lowest BCUT2D eigenvalue weighted by molar-refractivity contribution is -0.186. The first-order valence-electron chi connectivity index (χ1n) is 25.2. The standard InChI is InChI=1S/C54H66Cl2N8O10S/c1-35(37-6-8-38(9-7-37)49-36(2)58-34-75-49)59-51(68)46-27-41(65)28-64(46)52(69)50(53(3,4)5)60-47(66)31-70-24-25-71-32-48(67)63-22-20-62(21-23-63)40-11-13-42(14-12-40)72-29-43-30-73-54(74-43,16-18-61-19-17-57-33-61)44-15-10-39(55)26-45(44)56/h6-15,17,19,26,33-35,41,43,46,50,65H,16,18,20-25,27-32H2,1-5H3,(H,59,68)(H,60,66)/t35-,41+,43-,46?,50?,54-/m0/s1. The number of aliphatic hydroxyl groups excluding tert-OH is 1. The summed E-state index contributed by atoms with van der Waals surface area (Å²) in [6, 6.07) is 18.7. The third-order valence-corrected chi connectivity index (χ3v) is 15.1. The van der Waals surface area contributed by atoms with Crippen LogP contribution < -0.4 is 20.3 Å². The number of aliphatic hydroxyl groups is 1. The highest BCUT2D eigenvalue weighted by Crippen LogP contribution is 2.42. The van der Waals surface area contributed by atoms with Gasteiger partial charge in [-0.25, -0.2) is 9.97 Å². The molecule has 5 heterocycles. The Labute approximate surface area is 451 Å². The van der Waals surface area contributed by atoms with Crippen LogP contribution in [0.25, 0.3) is 10.4 Å². The molecule has 0 bridgehead atoms. The van der Waals surface area contributed by atoms with E-state index in [0.29, 0.717) is 67.1 Å². The van der Waals surface area contributed by atoms with Gasteiger partial charge in [-0.2, -0.15) is 0 Å². The van der Waals surface area contributed by atoms with Crippen LogP contribution in [0.1, 0.15) is 63.4 Å². The molecule has 3 aliphatic rings. The molecule has 0 saturated carbocycles. The number of halogens is 2. The van der Waals surface area contributed by atoms with E-state index in [1.807, 2.05) is 105 Å². The molecule has 8 rings (SSSR count). The van der Waals surface area contributed by atoms with Gasteiger partial charge in [-0.15, -0.1) is 11.3 Å². The topological polar surface area (TPSA) is 199 Å². The average molecular weight is 1090 g/mol. The number of nitrogens with one attached hydrogen (secondary N) is 2. The van der Waals surface area contributed by atoms with Gasteiger partial charge in [-0.1, -0.05) is 74.3 Å². The molecule has 4 amide bonds. The summed E-state index contributed by atoms with van der Waals surface area (Å²) < 4.78 is 32.2. The summed E-state index contributed by atoms with van der Waals surface area (Å²) in [6.07, 6.45) is 4.67. The van der Waals surface area contributed by atoms with Crippen molar-refractivity contribution in [2.45, 2.75) is 90.1 Å². The van der Waals surface area contributed by atoms with E-state index in [2.05, 4.69) is 25.5 Å². The van der Waals surface area contributed by atoms with Gasteiger partial charge in [-0.05, 0) is 66.8 Å². The number of amides is 4. The molecule has 402 valence electrons. The monoisotopic (exact) mass is 1090 g/mol. The van der Waals surface area contributed by atoms with Gasteiger partial charge in [0.1, 0.15) is 43.8 Å². The molecular weight excluding hydrogens is 1020 g/mol. The lowest BCUT2D eigenvalue weighted by atomic mass is 9.85. The Balaban J connectivity index is 0.720. The number of benzene rings is 3. The molecule has 21 heteroatoms. The highest BCUT2D eigenvalue weighted by atomic mass is 35.5. The number of hydrogen-bond acceptors (Lipinski definition) is 14. The van der Waals surface area contributed by atoms with Crippen molar-refractivity contribution in [2.24, 2.45) is 5.41 Å². The summed E-state index contributed by atoms with van der Waals surface area (Å²) >= 11 is 14.4. The Morgan fingerprint density at radius 2 is 1.69 bits per heavy atom. The number of rotatable bonds is 21. The summed E-state index contributed by atoms with van der Waals surface area (Å²) in [5.41, 5.74) is 5.66. The van der Waals surface area contributed by atoms with Crippen LogP contribution in [0.15, 0.2) is 91.0 Å². The van der Waals surface area contributed by atoms with Gasteiger partial charge in [0.2, 0.25) is 23.6 Å². The molecule has 5 aromatic rings. The van der Waals surface area contributed by atoms with Crippen molar-refractivity contribution in [3.63, 3.8) is 0 Å². The number of hydrogen-bond donors (Lipinski definition) is 3. The van der Waals surface area contributed by atoms with E-state index in [4.69, 9.17) is 46.9 Å². The molecule has 0 radical (unpaired) electrons. The number of anilines is 1. The van der Waals surface area contributed by atoms with Crippen molar-refractivity contribution in [1.29, 1.82) is 0 Å². The number of ether oxygens (including phenoxy) is 5. The van der Waals surface area contributed by atoms with Gasteiger partial charge in [0.15, 0.2) is 5.79 Å². The normalized spacial score (nSPS) is 20.7. The SMILES string of the molecule is Cc1ncsc1-c1ccc([C@H](C)NC(=O)C2C[C@@H](O)CN2C(=O)C(NC(=O)COCCOCC(=O)N2CCN(c3ccc(OC[C@H]4CO[C@](CCn5ccnc5)(c5ccc(Cl)cc5Cl)O4)cc3)CC2)C(C)(C)C)cc1. The largest absolute Gasteiger partial charge is 0.491 e. The minimum atomic E-state index is -1.08. The van der Waals surface area contributed by atoms with Crippen molar-refractivity contribution >= 4 is 63.9 Å². The zero-order valence-electron chi connectivity index (χ0n) is 42.9. The lowest BCUT2D eigenvalue weighted by Crippen LogP contribution is -2.58. The Bertz CT molecular complexity index is 2720. The molecule has 3 saturated heterocycles. The molecule has 3 N–H and O–H groups in total. The zero-order chi connectivity index (χ0) is 53.3. The second kappa shape index (κ2) is 25.0. The fraction of sp³-hybridized carbons (Fsp3) is 0.481. The number of imidazole rings is 1. The number of carbonyl (C=O) groups is 4. The Kier molecular flexibility index (Phi) is 18.5. The molecule has 2 unspecified atom stereocenters. The van der Waals surface area contributed by atoms with Gasteiger partial charge in [0, 0.05) is 80.8 Å². The van der Waals surface area contributed by atoms with E-state index in [1.54, 1.807) is 40.9 Å². The number of aromatic nitrogens is 3. The van der Waals surface area contributed by atoms with Gasteiger partial charge >= 0.3 is 0 Å².